The number of methoxy groups -OCH3 is 2. The molecule has 0 spiro atoms. The summed E-state index contributed by atoms with van der Waals surface area (Å²) in [4.78, 5) is 38.9. The van der Waals surface area contributed by atoms with Gasteiger partial charge in [-0.1, -0.05) is 48.0 Å². The molecule has 7 heteroatoms. The standard InChI is InChI=1S/C34H30N2O5/c1-23-9-11-24(12-10-23)21-30(36-33(38)26-7-5-4-6-8-26)34(39)35-28-16-13-25(14-17-28)31(37)19-15-27-22-29(40-2)18-20-32(27)41-3/h4-22H,1-3H3,(H,35,39)(H,36,38)/b19-15+,30-21-. The Balaban J connectivity index is 1.49. The quantitative estimate of drug-likeness (QED) is 0.179. The number of hydrogen-bond donors (Lipinski definition) is 2. The summed E-state index contributed by atoms with van der Waals surface area (Å²) in [6.45, 7) is 1.97. The van der Waals surface area contributed by atoms with Gasteiger partial charge in [-0.05, 0) is 85.3 Å². The molecule has 0 radical (unpaired) electrons. The van der Waals surface area contributed by atoms with E-state index in [-0.39, 0.29) is 11.5 Å². The monoisotopic (exact) mass is 546 g/mol. The number of benzene rings is 4. The maximum atomic E-state index is 13.2. The van der Waals surface area contributed by atoms with Gasteiger partial charge in [-0.2, -0.15) is 0 Å². The van der Waals surface area contributed by atoms with E-state index in [0.29, 0.717) is 33.9 Å². The zero-order chi connectivity index (χ0) is 29.2. The van der Waals surface area contributed by atoms with E-state index in [0.717, 1.165) is 11.1 Å². The van der Waals surface area contributed by atoms with E-state index in [1.807, 2.05) is 37.3 Å². The SMILES string of the molecule is COc1ccc(OC)c(/C=C/C(=O)c2ccc(NC(=O)/C(=C/c3ccc(C)cc3)NC(=O)c3ccccc3)cc2)c1. The van der Waals surface area contributed by atoms with E-state index in [2.05, 4.69) is 10.6 Å². The molecule has 4 rings (SSSR count). The predicted octanol–water partition coefficient (Wildman–Crippen LogP) is 6.32. The van der Waals surface area contributed by atoms with Crippen molar-refractivity contribution in [1.82, 2.24) is 5.32 Å². The third-order valence-corrected chi connectivity index (χ3v) is 6.20. The molecule has 7 nitrogen and oxygen atoms in total. The molecule has 0 fully saturated rings. The molecule has 0 aliphatic rings. The van der Waals surface area contributed by atoms with Crippen LogP contribution in [-0.4, -0.2) is 31.8 Å². The fraction of sp³-hybridized carbons (Fsp3) is 0.0882. The highest BCUT2D eigenvalue weighted by Crippen LogP contribution is 2.25. The van der Waals surface area contributed by atoms with Gasteiger partial charge >= 0.3 is 0 Å². The van der Waals surface area contributed by atoms with Crippen molar-refractivity contribution in [2.24, 2.45) is 0 Å². The van der Waals surface area contributed by atoms with E-state index in [4.69, 9.17) is 9.47 Å². The number of aryl methyl sites for hydroxylation is 1. The number of ketones is 1. The lowest BCUT2D eigenvalue weighted by Gasteiger charge is -2.12. The first-order valence-electron chi connectivity index (χ1n) is 12.9. The van der Waals surface area contributed by atoms with Crippen molar-refractivity contribution >= 4 is 35.4 Å². The molecule has 2 amide bonds. The summed E-state index contributed by atoms with van der Waals surface area (Å²) < 4.78 is 10.6. The van der Waals surface area contributed by atoms with Gasteiger partial charge in [0.05, 0.1) is 14.2 Å². The molecule has 0 atom stereocenters. The van der Waals surface area contributed by atoms with Crippen LogP contribution in [0.3, 0.4) is 0 Å². The number of carbonyl (C=O) groups is 3. The molecular weight excluding hydrogens is 516 g/mol. The third kappa shape index (κ3) is 7.80. The van der Waals surface area contributed by atoms with Crippen molar-refractivity contribution in [3.05, 3.63) is 137 Å². The first-order chi connectivity index (χ1) is 19.9. The number of ether oxygens (including phenoxy) is 2. The molecule has 0 bridgehead atoms. The van der Waals surface area contributed by atoms with Crippen molar-refractivity contribution < 1.29 is 23.9 Å². The minimum Gasteiger partial charge on any atom is -0.497 e. The maximum absolute atomic E-state index is 13.2. The Labute approximate surface area is 239 Å². The van der Waals surface area contributed by atoms with Crippen molar-refractivity contribution in [3.63, 3.8) is 0 Å². The Hall–Kier alpha value is -5.43. The highest BCUT2D eigenvalue weighted by Gasteiger charge is 2.15. The molecule has 0 saturated carbocycles. The van der Waals surface area contributed by atoms with Crippen LogP contribution in [0.4, 0.5) is 5.69 Å². The van der Waals surface area contributed by atoms with Gasteiger partial charge in [0.25, 0.3) is 11.8 Å². The van der Waals surface area contributed by atoms with Crippen molar-refractivity contribution in [1.29, 1.82) is 0 Å². The van der Waals surface area contributed by atoms with Crippen LogP contribution < -0.4 is 20.1 Å². The second-order valence-corrected chi connectivity index (χ2v) is 9.13. The van der Waals surface area contributed by atoms with Crippen LogP contribution in [-0.2, 0) is 4.79 Å². The zero-order valence-electron chi connectivity index (χ0n) is 23.0. The summed E-state index contributed by atoms with van der Waals surface area (Å²) in [6, 6.07) is 28.1. The summed E-state index contributed by atoms with van der Waals surface area (Å²) >= 11 is 0. The van der Waals surface area contributed by atoms with E-state index >= 15 is 0 Å². The summed E-state index contributed by atoms with van der Waals surface area (Å²) in [7, 11) is 3.13. The van der Waals surface area contributed by atoms with Crippen LogP contribution in [0.1, 0.15) is 37.4 Å². The molecule has 41 heavy (non-hydrogen) atoms. The van der Waals surface area contributed by atoms with E-state index in [1.54, 1.807) is 93.1 Å². The Morgan fingerprint density at radius 1 is 0.756 bits per heavy atom. The lowest BCUT2D eigenvalue weighted by Crippen LogP contribution is -2.30. The molecular formula is C34H30N2O5. The predicted molar refractivity (Wildman–Crippen MR) is 161 cm³/mol. The van der Waals surface area contributed by atoms with Crippen molar-refractivity contribution in [2.45, 2.75) is 6.92 Å². The number of amides is 2. The first kappa shape index (κ1) is 28.6. The number of carbonyl (C=O) groups excluding carboxylic acids is 3. The number of anilines is 1. The normalized spacial score (nSPS) is 11.1. The van der Waals surface area contributed by atoms with Gasteiger partial charge in [0.1, 0.15) is 17.2 Å². The molecule has 2 N–H and O–H groups in total. The fourth-order valence-corrected chi connectivity index (χ4v) is 3.92. The Morgan fingerprint density at radius 3 is 2.12 bits per heavy atom. The van der Waals surface area contributed by atoms with E-state index in [1.165, 1.54) is 6.08 Å². The summed E-state index contributed by atoms with van der Waals surface area (Å²) in [6.07, 6.45) is 4.73. The molecule has 4 aromatic rings. The number of nitrogens with one attached hydrogen (secondary N) is 2. The van der Waals surface area contributed by atoms with E-state index < -0.39 is 11.8 Å². The summed E-state index contributed by atoms with van der Waals surface area (Å²) in [5, 5.41) is 5.52. The minimum atomic E-state index is -0.501. The highest BCUT2D eigenvalue weighted by molar-refractivity contribution is 6.11. The van der Waals surface area contributed by atoms with Crippen LogP contribution in [0.5, 0.6) is 11.5 Å². The van der Waals surface area contributed by atoms with Crippen LogP contribution in [0.25, 0.3) is 12.2 Å². The average molecular weight is 547 g/mol. The van der Waals surface area contributed by atoms with Gasteiger partial charge in [0.15, 0.2) is 5.78 Å². The van der Waals surface area contributed by atoms with Gasteiger partial charge in [-0.15, -0.1) is 0 Å². The molecule has 0 heterocycles. The molecule has 0 aromatic heterocycles. The molecule has 0 aliphatic carbocycles. The van der Waals surface area contributed by atoms with Gasteiger partial charge in [-0.25, -0.2) is 0 Å². The molecule has 0 saturated heterocycles. The maximum Gasteiger partial charge on any atom is 0.272 e. The number of rotatable bonds is 10. The Kier molecular flexibility index (Phi) is 9.46. The van der Waals surface area contributed by atoms with Crippen LogP contribution in [0, 0.1) is 6.92 Å². The molecule has 206 valence electrons. The third-order valence-electron chi connectivity index (χ3n) is 6.20. The number of allylic oxidation sites excluding steroid dienone is 1. The van der Waals surface area contributed by atoms with E-state index in [9.17, 15) is 14.4 Å². The second kappa shape index (κ2) is 13.6. The Morgan fingerprint density at radius 2 is 1.46 bits per heavy atom. The van der Waals surface area contributed by atoms with Crippen LogP contribution in [0.15, 0.2) is 109 Å². The largest absolute Gasteiger partial charge is 0.497 e. The van der Waals surface area contributed by atoms with Gasteiger partial charge in [-0.3, -0.25) is 14.4 Å². The molecule has 0 unspecified atom stereocenters. The summed E-state index contributed by atoms with van der Waals surface area (Å²) in [5.41, 5.74) is 3.95. The van der Waals surface area contributed by atoms with Gasteiger partial charge in [0.2, 0.25) is 0 Å². The Bertz CT molecular complexity index is 1590. The summed E-state index contributed by atoms with van der Waals surface area (Å²) in [5.74, 6) is 0.136. The van der Waals surface area contributed by atoms with Crippen LogP contribution in [0.2, 0.25) is 0 Å². The fourth-order valence-electron chi connectivity index (χ4n) is 3.92. The first-order valence-corrected chi connectivity index (χ1v) is 12.9. The number of hydrogen-bond acceptors (Lipinski definition) is 5. The lowest BCUT2D eigenvalue weighted by molar-refractivity contribution is -0.113. The molecule has 4 aromatic carbocycles. The topological polar surface area (TPSA) is 93.7 Å². The van der Waals surface area contributed by atoms with Gasteiger partial charge in [0, 0.05) is 22.4 Å². The lowest BCUT2D eigenvalue weighted by atomic mass is 10.1. The smallest absolute Gasteiger partial charge is 0.272 e. The zero-order valence-corrected chi connectivity index (χ0v) is 23.0. The average Bonchev–Trinajstić information content (AvgIpc) is 3.01. The molecule has 0 aliphatic heterocycles. The van der Waals surface area contributed by atoms with Crippen molar-refractivity contribution in [2.75, 3.05) is 19.5 Å². The van der Waals surface area contributed by atoms with Crippen LogP contribution >= 0.6 is 0 Å². The minimum absolute atomic E-state index is 0.0815. The second-order valence-electron chi connectivity index (χ2n) is 9.13. The van der Waals surface area contributed by atoms with Crippen molar-refractivity contribution in [3.8, 4) is 11.5 Å². The highest BCUT2D eigenvalue weighted by atomic mass is 16.5. The van der Waals surface area contributed by atoms with Gasteiger partial charge < -0.3 is 20.1 Å².